The van der Waals surface area contributed by atoms with Gasteiger partial charge in [0.05, 0.1) is 34.8 Å². The van der Waals surface area contributed by atoms with Gasteiger partial charge in [0.25, 0.3) is 6.43 Å². The van der Waals surface area contributed by atoms with Crippen molar-refractivity contribution in [3.63, 3.8) is 0 Å². The molecule has 2 aromatic carbocycles. The van der Waals surface area contributed by atoms with Gasteiger partial charge in [-0.15, -0.1) is 0 Å². The van der Waals surface area contributed by atoms with E-state index in [2.05, 4.69) is 15.3 Å². The van der Waals surface area contributed by atoms with Gasteiger partial charge in [-0.2, -0.15) is 15.3 Å². The van der Waals surface area contributed by atoms with E-state index in [9.17, 15) is 13.8 Å². The number of benzene rings is 2. The number of hydrogen-bond donors (Lipinski definition) is 2. The van der Waals surface area contributed by atoms with E-state index in [-0.39, 0.29) is 5.56 Å². The maximum Gasteiger partial charge on any atom is 0.320 e. The van der Waals surface area contributed by atoms with Crippen molar-refractivity contribution in [3.05, 3.63) is 60.6 Å². The molecule has 140 valence electrons. The first-order valence-electron chi connectivity index (χ1n) is 8.60. The van der Waals surface area contributed by atoms with E-state index in [0.717, 1.165) is 17.1 Å². The second-order valence-corrected chi connectivity index (χ2v) is 6.50. The molecule has 2 heterocycles. The molecule has 0 aliphatic carbocycles. The summed E-state index contributed by atoms with van der Waals surface area (Å²) in [4.78, 5) is 0. The van der Waals surface area contributed by atoms with Gasteiger partial charge in [-0.1, -0.05) is 25.0 Å². The fourth-order valence-corrected chi connectivity index (χ4v) is 3.07. The molecule has 0 saturated heterocycles. The van der Waals surface area contributed by atoms with Gasteiger partial charge < -0.3 is 10.8 Å². The third kappa shape index (κ3) is 3.20. The molecule has 0 unspecified atom stereocenters. The Balaban J connectivity index is 1.91. The Morgan fingerprint density at radius 1 is 1.14 bits per heavy atom. The molecule has 4 aromatic rings. The maximum absolute atomic E-state index is 13.0. The number of halogens is 2. The Morgan fingerprint density at radius 3 is 2.68 bits per heavy atom. The van der Waals surface area contributed by atoms with Crippen molar-refractivity contribution in [1.29, 1.82) is 0 Å². The molecule has 3 N–H and O–H groups in total. The highest BCUT2D eigenvalue weighted by Crippen LogP contribution is 2.30. The summed E-state index contributed by atoms with van der Waals surface area (Å²) in [5.41, 5.74) is 9.69. The van der Waals surface area contributed by atoms with Crippen LogP contribution >= 0.6 is 0 Å². The molecule has 0 bridgehead atoms. The Kier molecular flexibility index (Phi) is 4.52. The van der Waals surface area contributed by atoms with Gasteiger partial charge in [-0.3, -0.25) is 0 Å². The van der Waals surface area contributed by atoms with Crippen molar-refractivity contribution in [2.45, 2.75) is 13.2 Å². The summed E-state index contributed by atoms with van der Waals surface area (Å²) in [6, 6.07) is 10.8. The molecule has 9 heteroatoms. The zero-order valence-electron chi connectivity index (χ0n) is 14.9. The molecule has 0 atom stereocenters. The molecule has 6 nitrogen and oxygen atoms in total. The zero-order chi connectivity index (χ0) is 19.8. The number of hydrogen-bond acceptors (Lipinski definition) is 5. The van der Waals surface area contributed by atoms with Crippen LogP contribution in [0.15, 0.2) is 55.0 Å². The molecular formula is C19H16BF2N5O. The van der Waals surface area contributed by atoms with Crippen molar-refractivity contribution in [1.82, 2.24) is 20.0 Å². The summed E-state index contributed by atoms with van der Waals surface area (Å²) >= 11 is 0. The van der Waals surface area contributed by atoms with E-state index >= 15 is 0 Å². The van der Waals surface area contributed by atoms with Crippen molar-refractivity contribution in [2.24, 2.45) is 0 Å². The van der Waals surface area contributed by atoms with Crippen molar-refractivity contribution in [3.8, 4) is 16.8 Å². The minimum absolute atomic E-state index is 0.164. The van der Waals surface area contributed by atoms with Crippen LogP contribution in [0.25, 0.3) is 27.7 Å². The van der Waals surface area contributed by atoms with Gasteiger partial charge in [0, 0.05) is 17.1 Å². The van der Waals surface area contributed by atoms with Crippen molar-refractivity contribution >= 4 is 29.0 Å². The number of fused-ring (bicyclic) bond motifs is 1. The first kappa shape index (κ1) is 18.1. The average molecular weight is 379 g/mol. The second kappa shape index (κ2) is 7.01. The van der Waals surface area contributed by atoms with Gasteiger partial charge in [0.2, 0.25) is 0 Å². The second-order valence-electron chi connectivity index (χ2n) is 6.50. The largest absolute Gasteiger partial charge is 0.447 e. The van der Waals surface area contributed by atoms with Gasteiger partial charge in [-0.25, -0.2) is 13.5 Å². The van der Waals surface area contributed by atoms with Gasteiger partial charge >= 0.3 is 6.92 Å². The molecular weight excluding hydrogens is 363 g/mol. The Labute approximate surface area is 159 Å². The van der Waals surface area contributed by atoms with Crippen LogP contribution < -0.4 is 11.2 Å². The minimum Gasteiger partial charge on any atom is -0.447 e. The first-order valence-corrected chi connectivity index (χ1v) is 8.60. The molecule has 0 spiro atoms. The van der Waals surface area contributed by atoms with Gasteiger partial charge in [0.1, 0.15) is 0 Å². The van der Waals surface area contributed by atoms with E-state index in [1.165, 1.54) is 17.1 Å². The van der Waals surface area contributed by atoms with Crippen LogP contribution in [-0.2, 0) is 0 Å². The van der Waals surface area contributed by atoms with Crippen LogP contribution in [0.2, 0.25) is 6.82 Å². The lowest BCUT2D eigenvalue weighted by Gasteiger charge is -2.13. The number of nitrogens with two attached hydrogens (primary N) is 1. The van der Waals surface area contributed by atoms with Crippen LogP contribution in [-0.4, -0.2) is 31.9 Å². The van der Waals surface area contributed by atoms with Crippen molar-refractivity contribution < 1.29 is 13.8 Å². The fourth-order valence-electron chi connectivity index (χ4n) is 3.07. The van der Waals surface area contributed by atoms with E-state index < -0.39 is 13.3 Å². The number of anilines is 1. The van der Waals surface area contributed by atoms with E-state index in [4.69, 9.17) is 5.73 Å². The fraction of sp³-hybridized carbons (Fsp3) is 0.105. The molecule has 0 fully saturated rings. The molecule has 2 aromatic heterocycles. The summed E-state index contributed by atoms with van der Waals surface area (Å²) < 4.78 is 27.4. The highest BCUT2D eigenvalue weighted by Gasteiger charge is 2.16. The summed E-state index contributed by atoms with van der Waals surface area (Å²) in [5, 5.41) is 22.8. The normalized spacial score (nSPS) is 11.3. The SMILES string of the molecule is CB(O)c1ccc(-n2cc(C(F)F)cn2)c(-c2ccc3c(N)cnnc3c2)c1. The molecule has 4 rings (SSSR count). The highest BCUT2D eigenvalue weighted by atomic mass is 19.3. The zero-order valence-corrected chi connectivity index (χ0v) is 14.9. The van der Waals surface area contributed by atoms with E-state index in [1.54, 1.807) is 19.0 Å². The lowest BCUT2D eigenvalue weighted by molar-refractivity contribution is 0.151. The average Bonchev–Trinajstić information content (AvgIpc) is 3.18. The maximum atomic E-state index is 13.0. The topological polar surface area (TPSA) is 89.8 Å². The predicted octanol–water partition coefficient (Wildman–Crippen LogP) is 2.82. The van der Waals surface area contributed by atoms with Crippen LogP contribution in [0.3, 0.4) is 0 Å². The Morgan fingerprint density at radius 2 is 1.96 bits per heavy atom. The van der Waals surface area contributed by atoms with Crippen LogP contribution in [0.4, 0.5) is 14.5 Å². The summed E-state index contributed by atoms with van der Waals surface area (Å²) in [6.07, 6.45) is 1.32. The molecule has 0 saturated carbocycles. The molecule has 0 amide bonds. The molecule has 0 aliphatic rings. The van der Waals surface area contributed by atoms with Crippen LogP contribution in [0.1, 0.15) is 12.0 Å². The number of aromatic nitrogens is 4. The summed E-state index contributed by atoms with van der Waals surface area (Å²) in [6.45, 7) is 0.978. The number of nitrogen functional groups attached to an aromatic ring is 1. The number of rotatable bonds is 4. The smallest absolute Gasteiger partial charge is 0.320 e. The third-order valence-corrected chi connectivity index (χ3v) is 4.59. The standard InChI is InChI=1S/C19H16BF2N5O/c1-20(28)13-3-5-18(27-10-12(8-25-27)19(21)22)15(7-13)11-2-4-14-16(23)9-24-26-17(14)6-11/h2-10,19,28H,1H3,(H2,23,26). The first-order chi connectivity index (χ1) is 13.4. The quantitative estimate of drug-likeness (QED) is 0.533. The van der Waals surface area contributed by atoms with Crippen LogP contribution in [0.5, 0.6) is 0 Å². The predicted molar refractivity (Wildman–Crippen MR) is 105 cm³/mol. The highest BCUT2D eigenvalue weighted by molar-refractivity contribution is 6.64. The lowest BCUT2D eigenvalue weighted by Crippen LogP contribution is -2.26. The summed E-state index contributed by atoms with van der Waals surface area (Å²) in [7, 11) is 0. The van der Waals surface area contributed by atoms with E-state index in [0.29, 0.717) is 27.9 Å². The lowest BCUT2D eigenvalue weighted by atomic mass is 9.64. The molecule has 0 radical (unpaired) electrons. The Bertz CT molecular complexity index is 1160. The van der Waals surface area contributed by atoms with Gasteiger partial charge in [0.15, 0.2) is 0 Å². The van der Waals surface area contributed by atoms with Gasteiger partial charge in [-0.05, 0) is 29.2 Å². The summed E-state index contributed by atoms with van der Waals surface area (Å²) in [5.74, 6) is 0. The minimum atomic E-state index is -2.60. The van der Waals surface area contributed by atoms with E-state index in [1.807, 2.05) is 24.3 Å². The third-order valence-electron chi connectivity index (χ3n) is 4.59. The van der Waals surface area contributed by atoms with Crippen molar-refractivity contribution in [2.75, 3.05) is 5.73 Å². The Hall–Kier alpha value is -3.33. The van der Waals surface area contributed by atoms with Crippen LogP contribution in [0, 0.1) is 0 Å². The number of nitrogens with zero attached hydrogens (tertiary/aromatic N) is 4. The number of alkyl halides is 2. The monoisotopic (exact) mass is 379 g/mol. The molecule has 28 heavy (non-hydrogen) atoms. The molecule has 0 aliphatic heterocycles.